The van der Waals surface area contributed by atoms with Crippen molar-refractivity contribution < 1.29 is 32.2 Å². The molecule has 2 aromatic rings. The number of ether oxygens (including phenoxy) is 1. The van der Waals surface area contributed by atoms with E-state index in [2.05, 4.69) is 15.4 Å². The van der Waals surface area contributed by atoms with E-state index < -0.39 is 24.0 Å². The summed E-state index contributed by atoms with van der Waals surface area (Å²) in [4.78, 5) is 12.0. The maximum atomic E-state index is 13.4. The van der Waals surface area contributed by atoms with E-state index in [1.54, 1.807) is 12.1 Å². The van der Waals surface area contributed by atoms with E-state index in [0.29, 0.717) is 22.3 Å². The zero-order chi connectivity index (χ0) is 19.3. The second kappa shape index (κ2) is 8.24. The monoisotopic (exact) mass is 392 g/mol. The van der Waals surface area contributed by atoms with E-state index in [-0.39, 0.29) is 18.7 Å². The van der Waals surface area contributed by atoms with Crippen molar-refractivity contribution in [3.63, 3.8) is 0 Å². The smallest absolute Gasteiger partial charge is 0.406 e. The van der Waals surface area contributed by atoms with Gasteiger partial charge in [-0.05, 0) is 30.2 Å². The molecular weight excluding hydrogens is 380 g/mol. The number of urea groups is 1. The Kier molecular flexibility index (Phi) is 6.27. The van der Waals surface area contributed by atoms with Gasteiger partial charge in [-0.2, -0.15) is 0 Å². The number of carbonyl (C=O) groups is 1. The number of anilines is 2. The number of halogens is 5. The Morgan fingerprint density at radius 1 is 1.15 bits per heavy atom. The molecule has 0 unspecified atom stereocenters. The van der Waals surface area contributed by atoms with Crippen LogP contribution in [0.3, 0.4) is 0 Å². The molecule has 0 aromatic heterocycles. The number of benzene rings is 2. The Morgan fingerprint density at radius 2 is 1.88 bits per heavy atom. The van der Waals surface area contributed by atoms with Crippen molar-refractivity contribution >= 4 is 29.0 Å². The van der Waals surface area contributed by atoms with Crippen LogP contribution in [0.25, 0.3) is 0 Å². The molecule has 3 N–H and O–H groups in total. The van der Waals surface area contributed by atoms with Gasteiger partial charge in [-0.3, -0.25) is 0 Å². The molecule has 0 radical (unpaired) electrons. The molecule has 0 aliphatic carbocycles. The van der Waals surface area contributed by atoms with Gasteiger partial charge in [0, 0.05) is 35.1 Å². The SMILES string of the molecule is O=C(Nc1cc(F)cc(OC(F)(F)F)c1)Nc1cc(Cl)ccc1CCO. The van der Waals surface area contributed by atoms with Crippen LogP contribution in [0.15, 0.2) is 36.4 Å². The van der Waals surface area contributed by atoms with Crippen molar-refractivity contribution in [1.82, 2.24) is 0 Å². The molecule has 0 spiro atoms. The molecule has 140 valence electrons. The second-order valence-corrected chi connectivity index (χ2v) is 5.51. The van der Waals surface area contributed by atoms with Crippen LogP contribution in [0.5, 0.6) is 5.75 Å². The van der Waals surface area contributed by atoms with E-state index >= 15 is 0 Å². The first-order valence-corrected chi connectivity index (χ1v) is 7.58. The third-order valence-corrected chi connectivity index (χ3v) is 3.30. The standard InChI is InChI=1S/C16H13ClF4N2O3/c17-10-2-1-9(3-4-24)14(5-10)23-15(25)22-12-6-11(18)7-13(8-12)26-16(19,20)21/h1-2,5-8,24H,3-4H2,(H2,22,23,25). The van der Waals surface area contributed by atoms with Crippen LogP contribution in [-0.4, -0.2) is 24.1 Å². The molecule has 5 nitrogen and oxygen atoms in total. The van der Waals surface area contributed by atoms with Crippen molar-refractivity contribution in [3.8, 4) is 5.75 Å². The number of alkyl halides is 3. The molecule has 0 bridgehead atoms. The van der Waals surface area contributed by atoms with Gasteiger partial charge in [0.05, 0.1) is 0 Å². The van der Waals surface area contributed by atoms with Crippen LogP contribution in [0.4, 0.5) is 33.7 Å². The lowest BCUT2D eigenvalue weighted by molar-refractivity contribution is -0.274. The number of aliphatic hydroxyl groups excluding tert-OH is 1. The van der Waals surface area contributed by atoms with Gasteiger partial charge in [0.1, 0.15) is 11.6 Å². The van der Waals surface area contributed by atoms with Crippen LogP contribution >= 0.6 is 11.6 Å². The predicted octanol–water partition coefficient (Wildman–Crippen LogP) is 4.56. The Labute approximate surface area is 150 Å². The van der Waals surface area contributed by atoms with E-state index in [9.17, 15) is 22.4 Å². The Bertz CT molecular complexity index is 800. The van der Waals surface area contributed by atoms with Gasteiger partial charge in [-0.15, -0.1) is 13.2 Å². The number of rotatable bonds is 5. The lowest BCUT2D eigenvalue weighted by Gasteiger charge is -2.13. The van der Waals surface area contributed by atoms with Gasteiger partial charge in [-0.25, -0.2) is 9.18 Å². The minimum atomic E-state index is -4.99. The topological polar surface area (TPSA) is 70.6 Å². The van der Waals surface area contributed by atoms with Crippen LogP contribution in [0.2, 0.25) is 5.02 Å². The molecule has 0 saturated carbocycles. The summed E-state index contributed by atoms with van der Waals surface area (Å²) in [5.74, 6) is -1.83. The van der Waals surface area contributed by atoms with Crippen molar-refractivity contribution in [2.45, 2.75) is 12.8 Å². The van der Waals surface area contributed by atoms with Crippen molar-refractivity contribution in [1.29, 1.82) is 0 Å². The lowest BCUT2D eigenvalue weighted by atomic mass is 10.1. The van der Waals surface area contributed by atoms with Crippen LogP contribution in [0, 0.1) is 5.82 Å². The van der Waals surface area contributed by atoms with Gasteiger partial charge in [0.2, 0.25) is 0 Å². The second-order valence-electron chi connectivity index (χ2n) is 5.08. The molecule has 0 aliphatic rings. The fraction of sp³-hybridized carbons (Fsp3) is 0.188. The fourth-order valence-corrected chi connectivity index (χ4v) is 2.29. The van der Waals surface area contributed by atoms with Crippen molar-refractivity contribution in [2.24, 2.45) is 0 Å². The van der Waals surface area contributed by atoms with Gasteiger partial charge in [0.25, 0.3) is 0 Å². The Hall–Kier alpha value is -2.52. The summed E-state index contributed by atoms with van der Waals surface area (Å²) in [6.07, 6.45) is -4.75. The molecule has 2 aromatic carbocycles. The molecule has 2 amide bonds. The fourth-order valence-electron chi connectivity index (χ4n) is 2.12. The van der Waals surface area contributed by atoms with E-state index in [4.69, 9.17) is 16.7 Å². The Morgan fingerprint density at radius 3 is 2.54 bits per heavy atom. The Balaban J connectivity index is 2.14. The summed E-state index contributed by atoms with van der Waals surface area (Å²) in [6.45, 7) is -0.167. The average molecular weight is 393 g/mol. The number of nitrogens with one attached hydrogen (secondary N) is 2. The average Bonchev–Trinajstić information content (AvgIpc) is 2.47. The maximum Gasteiger partial charge on any atom is 0.573 e. The van der Waals surface area contributed by atoms with E-state index in [1.807, 2.05) is 0 Å². The lowest BCUT2D eigenvalue weighted by Crippen LogP contribution is -2.21. The molecule has 0 heterocycles. The first-order chi connectivity index (χ1) is 12.2. The molecule has 0 aliphatic heterocycles. The minimum absolute atomic E-state index is 0.167. The minimum Gasteiger partial charge on any atom is -0.406 e. The normalized spacial score (nSPS) is 11.2. The highest BCUT2D eigenvalue weighted by molar-refractivity contribution is 6.31. The van der Waals surface area contributed by atoms with Crippen LogP contribution in [0.1, 0.15) is 5.56 Å². The van der Waals surface area contributed by atoms with Crippen LogP contribution < -0.4 is 15.4 Å². The largest absolute Gasteiger partial charge is 0.573 e. The quantitative estimate of drug-likeness (QED) is 0.653. The van der Waals surface area contributed by atoms with Crippen molar-refractivity contribution in [2.75, 3.05) is 17.2 Å². The summed E-state index contributed by atoms with van der Waals surface area (Å²) < 4.78 is 53.8. The summed E-state index contributed by atoms with van der Waals surface area (Å²) >= 11 is 5.86. The molecule has 0 atom stereocenters. The highest BCUT2D eigenvalue weighted by atomic mass is 35.5. The molecule has 2 rings (SSSR count). The number of aliphatic hydroxyl groups is 1. The summed E-state index contributed by atoms with van der Waals surface area (Å²) in [6, 6.07) is 5.96. The molecule has 0 fully saturated rings. The molecular formula is C16H13ClF4N2O3. The zero-order valence-electron chi connectivity index (χ0n) is 13.0. The van der Waals surface area contributed by atoms with Crippen molar-refractivity contribution in [3.05, 3.63) is 52.8 Å². The van der Waals surface area contributed by atoms with Gasteiger partial charge >= 0.3 is 12.4 Å². The van der Waals surface area contributed by atoms with E-state index in [0.717, 1.165) is 12.1 Å². The number of hydrogen-bond donors (Lipinski definition) is 3. The third-order valence-electron chi connectivity index (χ3n) is 3.06. The summed E-state index contributed by atoms with van der Waals surface area (Å²) in [7, 11) is 0. The number of amides is 2. The molecule has 26 heavy (non-hydrogen) atoms. The van der Waals surface area contributed by atoms with Gasteiger partial charge < -0.3 is 20.5 Å². The molecule has 0 saturated heterocycles. The number of carbonyl (C=O) groups excluding carboxylic acids is 1. The van der Waals surface area contributed by atoms with E-state index in [1.165, 1.54) is 6.07 Å². The first kappa shape index (κ1) is 19.8. The van der Waals surface area contributed by atoms with Gasteiger partial charge in [-0.1, -0.05) is 17.7 Å². The highest BCUT2D eigenvalue weighted by Gasteiger charge is 2.31. The number of hydrogen-bond acceptors (Lipinski definition) is 3. The maximum absolute atomic E-state index is 13.4. The summed E-state index contributed by atoms with van der Waals surface area (Å²) in [5, 5.41) is 14.0. The third kappa shape index (κ3) is 6.08. The molecule has 10 heteroatoms. The zero-order valence-corrected chi connectivity index (χ0v) is 13.8. The van der Waals surface area contributed by atoms with Crippen LogP contribution in [-0.2, 0) is 6.42 Å². The predicted molar refractivity (Wildman–Crippen MR) is 88.0 cm³/mol. The summed E-state index contributed by atoms with van der Waals surface area (Å²) in [5.41, 5.74) is 0.645. The highest BCUT2D eigenvalue weighted by Crippen LogP contribution is 2.27. The van der Waals surface area contributed by atoms with Gasteiger partial charge in [0.15, 0.2) is 0 Å². The first-order valence-electron chi connectivity index (χ1n) is 7.20.